The summed E-state index contributed by atoms with van der Waals surface area (Å²) in [4.78, 5) is 17.1. The van der Waals surface area contributed by atoms with E-state index in [1.165, 1.54) is 0 Å². The third kappa shape index (κ3) is 4.39. The summed E-state index contributed by atoms with van der Waals surface area (Å²) in [5, 5.41) is 11.7. The van der Waals surface area contributed by atoms with Crippen LogP contribution in [0.4, 0.5) is 5.69 Å². The maximum Gasteiger partial charge on any atom is 0.264 e. The van der Waals surface area contributed by atoms with Crippen molar-refractivity contribution in [2.45, 2.75) is 6.92 Å². The molecule has 0 saturated carbocycles. The van der Waals surface area contributed by atoms with Gasteiger partial charge in [-0.25, -0.2) is 0 Å². The van der Waals surface area contributed by atoms with Gasteiger partial charge in [-0.1, -0.05) is 48.5 Å². The van der Waals surface area contributed by atoms with Crippen molar-refractivity contribution in [3.63, 3.8) is 0 Å². The number of benzene rings is 3. The first-order valence-corrected chi connectivity index (χ1v) is 10.6. The third-order valence-electron chi connectivity index (χ3n) is 5.56. The van der Waals surface area contributed by atoms with Crippen molar-refractivity contribution in [1.29, 1.82) is 5.26 Å². The summed E-state index contributed by atoms with van der Waals surface area (Å²) in [5.41, 5.74) is 2.15. The molecule has 3 aromatic rings. The molecule has 156 valence electrons. The molecular weight excluding hydrogens is 386 g/mol. The zero-order valence-electron chi connectivity index (χ0n) is 17.6. The van der Waals surface area contributed by atoms with Gasteiger partial charge in [0.2, 0.25) is 0 Å². The van der Waals surface area contributed by atoms with Gasteiger partial charge in [-0.3, -0.25) is 4.79 Å². The summed E-state index contributed by atoms with van der Waals surface area (Å²) in [6, 6.07) is 24.0. The van der Waals surface area contributed by atoms with E-state index in [2.05, 4.69) is 23.1 Å². The van der Waals surface area contributed by atoms with E-state index in [1.807, 2.05) is 61.5 Å². The summed E-state index contributed by atoms with van der Waals surface area (Å²) in [6.45, 7) is 5.22. The second-order valence-corrected chi connectivity index (χ2v) is 7.42. The third-order valence-corrected chi connectivity index (χ3v) is 5.56. The Balaban J connectivity index is 1.55. The highest BCUT2D eigenvalue weighted by molar-refractivity contribution is 6.05. The normalized spacial score (nSPS) is 14.4. The van der Waals surface area contributed by atoms with E-state index in [9.17, 15) is 10.1 Å². The van der Waals surface area contributed by atoms with Crippen molar-refractivity contribution >= 4 is 28.4 Å². The average Bonchev–Trinajstić information content (AvgIpc) is 2.84. The Morgan fingerprint density at radius 2 is 1.65 bits per heavy atom. The van der Waals surface area contributed by atoms with Crippen LogP contribution in [0, 0.1) is 11.3 Å². The van der Waals surface area contributed by atoms with Gasteiger partial charge in [0.15, 0.2) is 0 Å². The van der Waals surface area contributed by atoms with Gasteiger partial charge in [-0.15, -0.1) is 0 Å². The maximum absolute atomic E-state index is 13.1. The van der Waals surface area contributed by atoms with Gasteiger partial charge in [0.05, 0.1) is 6.61 Å². The molecule has 0 radical (unpaired) electrons. The average molecular weight is 412 g/mol. The smallest absolute Gasteiger partial charge is 0.264 e. The number of amides is 1. The molecule has 0 aromatic heterocycles. The molecule has 0 N–H and O–H groups in total. The molecule has 1 heterocycles. The summed E-state index contributed by atoms with van der Waals surface area (Å²) in [7, 11) is 0. The van der Waals surface area contributed by atoms with Gasteiger partial charge >= 0.3 is 0 Å². The van der Waals surface area contributed by atoms with Crippen LogP contribution in [0.3, 0.4) is 0 Å². The van der Waals surface area contributed by atoms with Crippen LogP contribution in [0.25, 0.3) is 16.8 Å². The number of hydrogen-bond acceptors (Lipinski definition) is 4. The Labute approximate surface area is 182 Å². The molecule has 31 heavy (non-hydrogen) atoms. The van der Waals surface area contributed by atoms with Crippen molar-refractivity contribution in [3.05, 3.63) is 77.9 Å². The molecule has 0 atom stereocenters. The lowest BCUT2D eigenvalue weighted by molar-refractivity contribution is -0.126. The molecule has 1 saturated heterocycles. The minimum absolute atomic E-state index is 0.155. The lowest BCUT2D eigenvalue weighted by Gasteiger charge is -2.36. The van der Waals surface area contributed by atoms with E-state index < -0.39 is 0 Å². The molecule has 0 bridgehead atoms. The van der Waals surface area contributed by atoms with Crippen LogP contribution in [0.2, 0.25) is 0 Å². The highest BCUT2D eigenvalue weighted by Crippen LogP contribution is 2.30. The zero-order valence-corrected chi connectivity index (χ0v) is 17.6. The van der Waals surface area contributed by atoms with Gasteiger partial charge in [0.1, 0.15) is 17.4 Å². The minimum Gasteiger partial charge on any atom is -0.493 e. The fourth-order valence-corrected chi connectivity index (χ4v) is 3.98. The second kappa shape index (κ2) is 9.36. The van der Waals surface area contributed by atoms with Gasteiger partial charge in [0.25, 0.3) is 5.91 Å². The van der Waals surface area contributed by atoms with Crippen molar-refractivity contribution in [1.82, 2.24) is 4.90 Å². The number of rotatable bonds is 5. The van der Waals surface area contributed by atoms with Crippen molar-refractivity contribution in [2.24, 2.45) is 0 Å². The fourth-order valence-electron chi connectivity index (χ4n) is 3.98. The highest BCUT2D eigenvalue weighted by Gasteiger charge is 2.24. The number of ether oxygens (including phenoxy) is 1. The van der Waals surface area contributed by atoms with Gasteiger partial charge in [-0.05, 0) is 42.1 Å². The van der Waals surface area contributed by atoms with Gasteiger partial charge in [-0.2, -0.15) is 5.26 Å². The van der Waals surface area contributed by atoms with E-state index in [1.54, 1.807) is 11.0 Å². The van der Waals surface area contributed by atoms with Gasteiger partial charge < -0.3 is 14.5 Å². The van der Waals surface area contributed by atoms with Gasteiger partial charge in [0, 0.05) is 37.3 Å². The number of fused-ring (bicyclic) bond motifs is 1. The van der Waals surface area contributed by atoms with Crippen LogP contribution in [0.5, 0.6) is 5.75 Å². The Morgan fingerprint density at radius 3 is 2.32 bits per heavy atom. The van der Waals surface area contributed by atoms with Crippen LogP contribution < -0.4 is 9.64 Å². The Hall–Kier alpha value is -3.78. The Bertz CT molecular complexity index is 1140. The number of nitrogens with zero attached hydrogens (tertiary/aromatic N) is 3. The molecule has 5 nitrogen and oxygen atoms in total. The zero-order chi connectivity index (χ0) is 21.6. The molecule has 0 unspecified atom stereocenters. The largest absolute Gasteiger partial charge is 0.493 e. The molecule has 5 heteroatoms. The van der Waals surface area contributed by atoms with Crippen LogP contribution in [-0.4, -0.2) is 43.6 Å². The minimum atomic E-state index is -0.215. The number of hydrogen-bond donors (Lipinski definition) is 0. The molecular formula is C26H25N3O2. The first-order chi connectivity index (χ1) is 15.2. The predicted molar refractivity (Wildman–Crippen MR) is 124 cm³/mol. The lowest BCUT2D eigenvalue weighted by atomic mass is 10.0. The van der Waals surface area contributed by atoms with E-state index in [-0.39, 0.29) is 11.5 Å². The first-order valence-electron chi connectivity index (χ1n) is 10.6. The Morgan fingerprint density at radius 1 is 0.968 bits per heavy atom. The molecule has 1 aliphatic heterocycles. The summed E-state index contributed by atoms with van der Waals surface area (Å²) < 4.78 is 5.73. The van der Waals surface area contributed by atoms with Crippen LogP contribution in [0.1, 0.15) is 12.5 Å². The first kappa shape index (κ1) is 20.5. The standard InChI is InChI=1S/C26H25N3O2/c1-2-31-25-13-12-20(23-10-6-7-11-24(23)25)18-21(19-27)26(30)29-16-14-28(15-17-29)22-8-4-3-5-9-22/h3-13,18H,2,14-17H2,1H3/b21-18-. The van der Waals surface area contributed by atoms with Crippen LogP contribution >= 0.6 is 0 Å². The Kier molecular flexibility index (Phi) is 6.18. The monoisotopic (exact) mass is 411 g/mol. The van der Waals surface area contributed by atoms with E-state index in [0.717, 1.165) is 40.9 Å². The summed E-state index contributed by atoms with van der Waals surface area (Å²) in [5.74, 6) is 0.588. The molecule has 0 spiro atoms. The number of carbonyl (C=O) groups is 1. The molecule has 4 rings (SSSR count). The van der Waals surface area contributed by atoms with E-state index in [0.29, 0.717) is 19.7 Å². The fraction of sp³-hybridized carbons (Fsp3) is 0.231. The topological polar surface area (TPSA) is 56.6 Å². The maximum atomic E-state index is 13.1. The number of carbonyl (C=O) groups excluding carboxylic acids is 1. The van der Waals surface area contributed by atoms with Crippen molar-refractivity contribution in [3.8, 4) is 11.8 Å². The molecule has 3 aromatic carbocycles. The summed E-state index contributed by atoms with van der Waals surface area (Å²) >= 11 is 0. The molecule has 1 amide bonds. The van der Waals surface area contributed by atoms with Crippen LogP contribution in [0.15, 0.2) is 72.3 Å². The SMILES string of the molecule is CCOc1ccc(/C=C(/C#N)C(=O)N2CCN(c3ccccc3)CC2)c2ccccc12. The number of piperazine rings is 1. The molecule has 1 aliphatic rings. The lowest BCUT2D eigenvalue weighted by Crippen LogP contribution is -2.49. The van der Waals surface area contributed by atoms with Crippen LogP contribution in [-0.2, 0) is 4.79 Å². The number of nitriles is 1. The van der Waals surface area contributed by atoms with Crippen molar-refractivity contribution < 1.29 is 9.53 Å². The molecule has 0 aliphatic carbocycles. The van der Waals surface area contributed by atoms with E-state index >= 15 is 0 Å². The predicted octanol–water partition coefficient (Wildman–Crippen LogP) is 4.49. The highest BCUT2D eigenvalue weighted by atomic mass is 16.5. The van der Waals surface area contributed by atoms with E-state index in [4.69, 9.17) is 4.74 Å². The number of para-hydroxylation sites is 1. The molecule has 1 fully saturated rings. The summed E-state index contributed by atoms with van der Waals surface area (Å²) in [6.07, 6.45) is 1.70. The quantitative estimate of drug-likeness (QED) is 0.458. The number of anilines is 1. The second-order valence-electron chi connectivity index (χ2n) is 7.42. The van der Waals surface area contributed by atoms with Crippen molar-refractivity contribution in [2.75, 3.05) is 37.7 Å².